The summed E-state index contributed by atoms with van der Waals surface area (Å²) in [6.45, 7) is 3.61. The molecule has 1 fully saturated rings. The van der Waals surface area contributed by atoms with Crippen molar-refractivity contribution in [3.8, 4) is 0 Å². The van der Waals surface area contributed by atoms with Crippen molar-refractivity contribution < 1.29 is 9.59 Å². The fraction of sp³-hybridized carbons (Fsp3) is 0.467. The van der Waals surface area contributed by atoms with Crippen LogP contribution in [0.1, 0.15) is 37.0 Å². The molecule has 1 N–H and O–H groups in total. The topological polar surface area (TPSA) is 49.4 Å². The van der Waals surface area contributed by atoms with Gasteiger partial charge in [-0.1, -0.05) is 0 Å². The highest BCUT2D eigenvalue weighted by molar-refractivity contribution is 5.95. The summed E-state index contributed by atoms with van der Waals surface area (Å²) in [5.74, 6) is 0.674. The third-order valence-corrected chi connectivity index (χ3v) is 3.78. The van der Waals surface area contributed by atoms with E-state index in [-0.39, 0.29) is 17.9 Å². The standard InChI is InChI=1S/C15H20N2O2/c1-10(12-4-5-12)17(3)15(19)16-14-8-6-13(7-9-14)11(2)18/h6-10,12H,4-5H2,1-3H3,(H,16,19). The van der Waals surface area contributed by atoms with Gasteiger partial charge >= 0.3 is 6.03 Å². The van der Waals surface area contributed by atoms with Gasteiger partial charge in [-0.05, 0) is 56.9 Å². The van der Waals surface area contributed by atoms with Crippen LogP contribution in [0.3, 0.4) is 0 Å². The molecule has 2 amide bonds. The molecule has 1 aromatic carbocycles. The molecule has 4 heteroatoms. The third kappa shape index (κ3) is 3.34. The van der Waals surface area contributed by atoms with Crippen molar-refractivity contribution >= 4 is 17.5 Å². The van der Waals surface area contributed by atoms with Crippen molar-refractivity contribution in [1.29, 1.82) is 0 Å². The van der Waals surface area contributed by atoms with Gasteiger partial charge < -0.3 is 10.2 Å². The largest absolute Gasteiger partial charge is 0.325 e. The van der Waals surface area contributed by atoms with Crippen LogP contribution in [-0.2, 0) is 0 Å². The first-order valence-electron chi connectivity index (χ1n) is 6.64. The second-order valence-corrected chi connectivity index (χ2v) is 5.25. The lowest BCUT2D eigenvalue weighted by Gasteiger charge is -2.25. The van der Waals surface area contributed by atoms with Gasteiger partial charge in [0.2, 0.25) is 0 Å². The number of carbonyl (C=O) groups is 2. The van der Waals surface area contributed by atoms with Crippen LogP contribution in [0.2, 0.25) is 0 Å². The van der Waals surface area contributed by atoms with E-state index in [2.05, 4.69) is 12.2 Å². The van der Waals surface area contributed by atoms with Gasteiger partial charge in [-0.15, -0.1) is 0 Å². The Bertz CT molecular complexity index is 477. The predicted octanol–water partition coefficient (Wildman–Crippen LogP) is 3.15. The van der Waals surface area contributed by atoms with Gasteiger partial charge in [0.25, 0.3) is 0 Å². The smallest absolute Gasteiger partial charge is 0.321 e. The first kappa shape index (κ1) is 13.6. The Labute approximate surface area is 113 Å². The van der Waals surface area contributed by atoms with Gasteiger partial charge in [-0.25, -0.2) is 4.79 Å². The summed E-state index contributed by atoms with van der Waals surface area (Å²) in [6.07, 6.45) is 2.43. The van der Waals surface area contributed by atoms with Crippen molar-refractivity contribution in [2.75, 3.05) is 12.4 Å². The molecule has 1 aliphatic rings. The molecule has 1 aliphatic carbocycles. The van der Waals surface area contributed by atoms with Gasteiger partial charge in [0.15, 0.2) is 5.78 Å². The number of ketones is 1. The van der Waals surface area contributed by atoms with Gasteiger partial charge in [0, 0.05) is 24.3 Å². The molecule has 0 aliphatic heterocycles. The van der Waals surface area contributed by atoms with Crippen molar-refractivity contribution in [3.05, 3.63) is 29.8 Å². The number of hydrogen-bond acceptors (Lipinski definition) is 2. The fourth-order valence-electron chi connectivity index (χ4n) is 2.08. The number of amides is 2. The maximum absolute atomic E-state index is 12.1. The number of Topliss-reactive ketones (excluding diaryl/α,β-unsaturated/α-hetero) is 1. The molecule has 0 radical (unpaired) electrons. The molecule has 1 atom stereocenters. The number of urea groups is 1. The highest BCUT2D eigenvalue weighted by Gasteiger charge is 2.32. The van der Waals surface area contributed by atoms with E-state index in [1.54, 1.807) is 29.2 Å². The number of rotatable bonds is 4. The zero-order valence-corrected chi connectivity index (χ0v) is 11.6. The Morgan fingerprint density at radius 1 is 1.26 bits per heavy atom. The number of anilines is 1. The maximum atomic E-state index is 12.1. The van der Waals surface area contributed by atoms with E-state index in [4.69, 9.17) is 0 Å². The van der Waals surface area contributed by atoms with Crippen molar-refractivity contribution in [1.82, 2.24) is 4.90 Å². The molecule has 4 nitrogen and oxygen atoms in total. The number of benzene rings is 1. The number of carbonyl (C=O) groups excluding carboxylic acids is 2. The zero-order valence-electron chi connectivity index (χ0n) is 11.6. The second kappa shape index (κ2) is 5.43. The van der Waals surface area contributed by atoms with E-state index in [1.165, 1.54) is 19.8 Å². The third-order valence-electron chi connectivity index (χ3n) is 3.78. The predicted molar refractivity (Wildman–Crippen MR) is 75.4 cm³/mol. The van der Waals surface area contributed by atoms with E-state index < -0.39 is 0 Å². The van der Waals surface area contributed by atoms with Crippen LogP contribution in [0, 0.1) is 5.92 Å². The molecule has 0 spiro atoms. The van der Waals surface area contributed by atoms with Crippen molar-refractivity contribution in [3.63, 3.8) is 0 Å². The Kier molecular flexibility index (Phi) is 3.88. The SMILES string of the molecule is CC(=O)c1ccc(NC(=O)N(C)C(C)C2CC2)cc1. The number of nitrogens with zero attached hydrogens (tertiary/aromatic N) is 1. The highest BCUT2D eigenvalue weighted by atomic mass is 16.2. The van der Waals surface area contributed by atoms with Gasteiger partial charge in [0.1, 0.15) is 0 Å². The molecule has 0 heterocycles. The van der Waals surface area contributed by atoms with Crippen LogP contribution in [0.15, 0.2) is 24.3 Å². The summed E-state index contributed by atoms with van der Waals surface area (Å²) in [4.78, 5) is 25.0. The second-order valence-electron chi connectivity index (χ2n) is 5.25. The molecular formula is C15H20N2O2. The zero-order chi connectivity index (χ0) is 14.0. The number of nitrogens with one attached hydrogen (secondary N) is 1. The van der Waals surface area contributed by atoms with E-state index in [0.29, 0.717) is 17.2 Å². The van der Waals surface area contributed by atoms with E-state index >= 15 is 0 Å². The Morgan fingerprint density at radius 3 is 2.32 bits per heavy atom. The maximum Gasteiger partial charge on any atom is 0.321 e. The molecule has 0 aromatic heterocycles. The molecule has 102 valence electrons. The minimum absolute atomic E-state index is 0.0253. The average molecular weight is 260 g/mol. The average Bonchev–Trinajstić information content (AvgIpc) is 3.21. The summed E-state index contributed by atoms with van der Waals surface area (Å²) in [6, 6.07) is 7.13. The summed E-state index contributed by atoms with van der Waals surface area (Å²) < 4.78 is 0. The van der Waals surface area contributed by atoms with Crippen molar-refractivity contribution in [2.24, 2.45) is 5.92 Å². The van der Waals surface area contributed by atoms with Crippen LogP contribution in [0.4, 0.5) is 10.5 Å². The van der Waals surface area contributed by atoms with Crippen LogP contribution in [-0.4, -0.2) is 29.8 Å². The summed E-state index contributed by atoms with van der Waals surface area (Å²) in [7, 11) is 1.82. The normalized spacial score (nSPS) is 15.7. The van der Waals surface area contributed by atoms with Crippen LogP contribution in [0.5, 0.6) is 0 Å². The van der Waals surface area contributed by atoms with E-state index in [9.17, 15) is 9.59 Å². The molecule has 0 saturated heterocycles. The molecule has 1 aromatic rings. The van der Waals surface area contributed by atoms with Crippen LogP contribution < -0.4 is 5.32 Å². The van der Waals surface area contributed by atoms with Gasteiger partial charge in [-0.3, -0.25) is 4.79 Å². The van der Waals surface area contributed by atoms with Crippen molar-refractivity contribution in [2.45, 2.75) is 32.7 Å². The minimum Gasteiger partial charge on any atom is -0.325 e. The quantitative estimate of drug-likeness (QED) is 0.845. The Balaban J connectivity index is 1.96. The lowest BCUT2D eigenvalue weighted by atomic mass is 10.1. The van der Waals surface area contributed by atoms with Crippen LogP contribution in [0.25, 0.3) is 0 Å². The highest BCUT2D eigenvalue weighted by Crippen LogP contribution is 2.34. The van der Waals surface area contributed by atoms with Crippen LogP contribution >= 0.6 is 0 Å². The molecule has 0 bridgehead atoms. The molecule has 19 heavy (non-hydrogen) atoms. The Morgan fingerprint density at radius 2 is 1.84 bits per heavy atom. The monoisotopic (exact) mass is 260 g/mol. The number of hydrogen-bond donors (Lipinski definition) is 1. The Hall–Kier alpha value is -1.84. The molecule has 1 saturated carbocycles. The lowest BCUT2D eigenvalue weighted by Crippen LogP contribution is -2.39. The lowest BCUT2D eigenvalue weighted by molar-refractivity contribution is 0.101. The molecule has 2 rings (SSSR count). The molecule has 1 unspecified atom stereocenters. The summed E-state index contributed by atoms with van der Waals surface area (Å²) in [5, 5.41) is 2.85. The van der Waals surface area contributed by atoms with E-state index in [0.717, 1.165) is 0 Å². The minimum atomic E-state index is -0.102. The van der Waals surface area contributed by atoms with Gasteiger partial charge in [0.05, 0.1) is 0 Å². The molecular weight excluding hydrogens is 240 g/mol. The summed E-state index contributed by atoms with van der Waals surface area (Å²) in [5.41, 5.74) is 1.36. The first-order chi connectivity index (χ1) is 8.99. The fourth-order valence-corrected chi connectivity index (χ4v) is 2.08. The summed E-state index contributed by atoms with van der Waals surface area (Å²) >= 11 is 0. The van der Waals surface area contributed by atoms with Gasteiger partial charge in [-0.2, -0.15) is 0 Å². The van der Waals surface area contributed by atoms with E-state index in [1.807, 2.05) is 7.05 Å². The first-order valence-corrected chi connectivity index (χ1v) is 6.64.